The molecule has 2 N–H and O–H groups in total. The lowest BCUT2D eigenvalue weighted by atomic mass is 9.71. The van der Waals surface area contributed by atoms with E-state index >= 15 is 0 Å². The SMILES string of the molecule is Cc1nn(C2CCC(CN3CCC4(CC3)CCN(C(=O)c3ccc(Cl)c(N5CCC(=O)NC5=O)c3)CC4)CC2)cc1NC(=O)c1cnn2ccc(N3C[C@H]4C[C@@H]3CO4)nc12. The highest BCUT2D eigenvalue weighted by Crippen LogP contribution is 2.43. The summed E-state index contributed by atoms with van der Waals surface area (Å²) >= 11 is 6.44. The lowest BCUT2D eigenvalue weighted by Gasteiger charge is -2.47. The normalized spacial score (nSPS) is 25.7. The Morgan fingerprint density at radius 1 is 1.00 bits per heavy atom. The van der Waals surface area contributed by atoms with E-state index in [1.165, 1.54) is 4.90 Å². The van der Waals surface area contributed by atoms with Crippen LogP contribution in [0.3, 0.4) is 0 Å². The molecular weight excluding hydrogens is 786 g/mol. The van der Waals surface area contributed by atoms with Crippen LogP contribution in [0.15, 0.2) is 42.9 Å². The zero-order valence-electron chi connectivity index (χ0n) is 34.0. The van der Waals surface area contributed by atoms with Crippen LogP contribution in [0.5, 0.6) is 0 Å². The minimum Gasteiger partial charge on any atom is -0.374 e. The van der Waals surface area contributed by atoms with Crippen molar-refractivity contribution in [1.82, 2.24) is 39.5 Å². The number of fused-ring (bicyclic) bond motifs is 3. The van der Waals surface area contributed by atoms with Crippen LogP contribution in [0.1, 0.15) is 96.7 Å². The first kappa shape index (κ1) is 39.1. The number of aryl methyl sites for hydroxylation is 1. The number of nitrogens with zero attached hydrogens (tertiary/aromatic N) is 9. The van der Waals surface area contributed by atoms with Crippen molar-refractivity contribution in [3.05, 3.63) is 64.7 Å². The molecule has 16 nitrogen and oxygen atoms in total. The molecule has 1 saturated carbocycles. The van der Waals surface area contributed by atoms with E-state index in [0.717, 1.165) is 95.5 Å². The van der Waals surface area contributed by atoms with Crippen LogP contribution < -0.4 is 20.4 Å². The van der Waals surface area contributed by atoms with Gasteiger partial charge in [0.25, 0.3) is 11.8 Å². The number of hydrogen-bond donors (Lipinski definition) is 2. The van der Waals surface area contributed by atoms with Crippen molar-refractivity contribution in [2.75, 3.05) is 67.5 Å². The number of morpholine rings is 1. The largest absolute Gasteiger partial charge is 0.374 e. The topological polar surface area (TPSA) is 163 Å². The third-order valence-electron chi connectivity index (χ3n) is 14.2. The molecule has 10 rings (SSSR count). The molecule has 2 atom stereocenters. The number of halogens is 1. The number of aromatic nitrogens is 5. The van der Waals surface area contributed by atoms with Gasteiger partial charge in [-0.3, -0.25) is 29.3 Å². The number of likely N-dealkylation sites (tertiary alicyclic amines) is 2. The smallest absolute Gasteiger partial charge is 0.328 e. The number of piperidine rings is 2. The molecule has 2 bridgehead atoms. The zero-order valence-corrected chi connectivity index (χ0v) is 34.8. The number of hydrogen-bond acceptors (Lipinski definition) is 10. The minimum absolute atomic E-state index is 0.0503. The van der Waals surface area contributed by atoms with E-state index in [0.29, 0.717) is 70.9 Å². The molecule has 6 fully saturated rings. The number of anilines is 3. The summed E-state index contributed by atoms with van der Waals surface area (Å²) in [5.74, 6) is 0.899. The maximum absolute atomic E-state index is 13.6. The molecule has 5 aliphatic heterocycles. The van der Waals surface area contributed by atoms with E-state index < -0.39 is 6.03 Å². The molecule has 1 aliphatic carbocycles. The van der Waals surface area contributed by atoms with Crippen molar-refractivity contribution in [2.45, 2.75) is 89.3 Å². The minimum atomic E-state index is -0.521. The molecule has 1 spiro atoms. The molecule has 8 heterocycles. The van der Waals surface area contributed by atoms with Crippen LogP contribution in [0.4, 0.5) is 22.0 Å². The second-order valence-corrected chi connectivity index (χ2v) is 18.3. The van der Waals surface area contributed by atoms with Gasteiger partial charge in [0, 0.05) is 57.1 Å². The second-order valence-electron chi connectivity index (χ2n) is 17.9. The van der Waals surface area contributed by atoms with Crippen LogP contribution in [0, 0.1) is 18.3 Å². The highest BCUT2D eigenvalue weighted by Gasteiger charge is 2.41. The van der Waals surface area contributed by atoms with E-state index in [1.54, 1.807) is 28.9 Å². The summed E-state index contributed by atoms with van der Waals surface area (Å²) in [6, 6.07) is 7.12. The van der Waals surface area contributed by atoms with E-state index in [-0.39, 0.29) is 42.2 Å². The van der Waals surface area contributed by atoms with Gasteiger partial charge in [-0.05, 0) is 113 Å². The van der Waals surface area contributed by atoms with Gasteiger partial charge in [0.15, 0.2) is 5.65 Å². The van der Waals surface area contributed by atoms with Gasteiger partial charge in [-0.1, -0.05) is 11.6 Å². The fourth-order valence-electron chi connectivity index (χ4n) is 10.5. The van der Waals surface area contributed by atoms with Gasteiger partial charge >= 0.3 is 6.03 Å². The third kappa shape index (κ3) is 7.51. The Kier molecular flexibility index (Phi) is 10.3. The number of rotatable bonds is 8. The molecule has 60 heavy (non-hydrogen) atoms. The van der Waals surface area contributed by atoms with Crippen molar-refractivity contribution < 1.29 is 23.9 Å². The Morgan fingerprint density at radius 3 is 2.52 bits per heavy atom. The van der Waals surface area contributed by atoms with E-state index in [4.69, 9.17) is 26.4 Å². The molecule has 0 unspecified atom stereocenters. The Hall–Kier alpha value is -5.06. The predicted molar refractivity (Wildman–Crippen MR) is 225 cm³/mol. The summed E-state index contributed by atoms with van der Waals surface area (Å²) < 4.78 is 9.48. The lowest BCUT2D eigenvalue weighted by molar-refractivity contribution is -0.120. The number of carbonyl (C=O) groups excluding carboxylic acids is 4. The fraction of sp³-hybridized carbons (Fsp3) is 0.558. The van der Waals surface area contributed by atoms with Gasteiger partial charge in [-0.25, -0.2) is 14.3 Å². The van der Waals surface area contributed by atoms with Crippen LogP contribution in [0.2, 0.25) is 5.02 Å². The number of carbonyl (C=O) groups is 4. The number of nitrogens with one attached hydrogen (secondary N) is 2. The molecular formula is C43H52ClN11O5. The van der Waals surface area contributed by atoms with Crippen molar-refractivity contribution in [3.8, 4) is 0 Å². The van der Waals surface area contributed by atoms with Gasteiger partial charge in [0.05, 0.1) is 53.1 Å². The van der Waals surface area contributed by atoms with Crippen LogP contribution in [-0.4, -0.2) is 122 Å². The molecule has 316 valence electrons. The maximum atomic E-state index is 13.6. The predicted octanol–water partition coefficient (Wildman–Crippen LogP) is 5.31. The lowest BCUT2D eigenvalue weighted by Crippen LogP contribution is -2.50. The molecule has 1 aromatic carbocycles. The van der Waals surface area contributed by atoms with Gasteiger partial charge in [0.1, 0.15) is 11.4 Å². The van der Waals surface area contributed by atoms with Gasteiger partial charge < -0.3 is 24.8 Å². The molecule has 5 saturated heterocycles. The van der Waals surface area contributed by atoms with Gasteiger partial charge in [0.2, 0.25) is 5.91 Å². The van der Waals surface area contributed by atoms with E-state index in [9.17, 15) is 19.2 Å². The Balaban J connectivity index is 0.683. The van der Waals surface area contributed by atoms with Crippen LogP contribution in [-0.2, 0) is 9.53 Å². The molecule has 6 aliphatic rings. The Morgan fingerprint density at radius 2 is 1.78 bits per heavy atom. The summed E-state index contributed by atoms with van der Waals surface area (Å²) in [6.07, 6.45) is 15.6. The van der Waals surface area contributed by atoms with Crippen molar-refractivity contribution in [3.63, 3.8) is 0 Å². The fourth-order valence-corrected chi connectivity index (χ4v) is 10.7. The molecule has 4 aromatic rings. The van der Waals surface area contributed by atoms with Gasteiger partial charge in [-0.2, -0.15) is 10.2 Å². The first-order valence-electron chi connectivity index (χ1n) is 21.6. The average molecular weight is 838 g/mol. The van der Waals surface area contributed by atoms with Crippen LogP contribution >= 0.6 is 11.6 Å². The standard InChI is InChI=1S/C43H52ClN11O5/c1-27-35(46-40(57)33-22-45-54-15-8-37(47-39(33)54)53-24-32-21-31(53)26-60-32)25-55(49-27)30-5-2-28(3-6-30)23-50-16-10-43(11-17-50)12-18-51(19-13-43)41(58)29-4-7-34(44)36(20-29)52-14-9-38(56)48-42(52)59/h4,7-8,15,20,22,25,28,30-32H,2-3,5-6,9-14,16-19,21,23-24,26H2,1H3,(H,46,57)(H,48,56,59)/t28?,30?,31-,32-/m1/s1. The Labute approximate surface area is 353 Å². The third-order valence-corrected chi connectivity index (χ3v) is 14.6. The van der Waals surface area contributed by atoms with E-state index in [2.05, 4.69) is 30.2 Å². The average Bonchev–Trinajstić information content (AvgIpc) is 4.07. The maximum Gasteiger partial charge on any atom is 0.328 e. The first-order chi connectivity index (χ1) is 29.1. The number of amides is 5. The second kappa shape index (κ2) is 15.8. The monoisotopic (exact) mass is 837 g/mol. The molecule has 0 radical (unpaired) electrons. The highest BCUT2D eigenvalue weighted by atomic mass is 35.5. The van der Waals surface area contributed by atoms with Crippen molar-refractivity contribution >= 4 is 58.2 Å². The quantitative estimate of drug-likeness (QED) is 0.238. The van der Waals surface area contributed by atoms with Crippen molar-refractivity contribution in [1.29, 1.82) is 0 Å². The van der Waals surface area contributed by atoms with Crippen LogP contribution in [0.25, 0.3) is 5.65 Å². The summed E-state index contributed by atoms with van der Waals surface area (Å²) in [4.78, 5) is 64.5. The summed E-state index contributed by atoms with van der Waals surface area (Å²) in [5.41, 5.74) is 3.70. The number of benzene rings is 1. The summed E-state index contributed by atoms with van der Waals surface area (Å²) in [7, 11) is 0. The van der Waals surface area contributed by atoms with E-state index in [1.807, 2.05) is 30.3 Å². The summed E-state index contributed by atoms with van der Waals surface area (Å²) in [6.45, 7) is 8.44. The van der Waals surface area contributed by atoms with Gasteiger partial charge in [-0.15, -0.1) is 0 Å². The number of ether oxygens (including phenoxy) is 1. The Bertz CT molecular complexity index is 2320. The number of urea groups is 1. The van der Waals surface area contributed by atoms with Crippen molar-refractivity contribution in [2.24, 2.45) is 11.3 Å². The summed E-state index contributed by atoms with van der Waals surface area (Å²) in [5, 5.41) is 15.0. The number of imide groups is 1. The molecule has 5 amide bonds. The highest BCUT2D eigenvalue weighted by molar-refractivity contribution is 6.34. The molecule has 17 heteroatoms. The zero-order chi connectivity index (χ0) is 41.1. The first-order valence-corrected chi connectivity index (χ1v) is 22.0. The molecule has 3 aromatic heterocycles.